The topological polar surface area (TPSA) is 69.0 Å². The number of nitrogens with zero attached hydrogens (tertiary/aromatic N) is 4. The maximum atomic E-state index is 13.6. The molecule has 202 valence electrons. The number of para-hydroxylation sites is 1. The third kappa shape index (κ3) is 7.66. The zero-order valence-electron chi connectivity index (χ0n) is 21.9. The van der Waals surface area contributed by atoms with Gasteiger partial charge in [-0.3, -0.25) is 14.6 Å². The van der Waals surface area contributed by atoms with Crippen LogP contribution in [0.1, 0.15) is 16.7 Å². The van der Waals surface area contributed by atoms with Crippen LogP contribution >= 0.6 is 11.6 Å². The molecule has 1 amide bonds. The molecule has 2 aliphatic rings. The Hall–Kier alpha value is -3.25. The Morgan fingerprint density at radius 2 is 1.56 bits per heavy atom. The molecule has 39 heavy (non-hydrogen) atoms. The number of morpholine rings is 2. The van der Waals surface area contributed by atoms with Crippen molar-refractivity contribution < 1.29 is 14.3 Å². The summed E-state index contributed by atoms with van der Waals surface area (Å²) in [6, 6.07) is 27.1. The van der Waals surface area contributed by atoms with Gasteiger partial charge in [-0.15, -0.1) is 0 Å². The molecular formula is C31H33ClN4O3. The molecule has 2 heterocycles. The maximum absolute atomic E-state index is 13.6. The van der Waals surface area contributed by atoms with E-state index in [1.54, 1.807) is 12.1 Å². The Labute approximate surface area is 235 Å². The molecule has 0 saturated carbocycles. The van der Waals surface area contributed by atoms with Crippen LogP contribution in [0.15, 0.2) is 78.9 Å². The second-order valence-electron chi connectivity index (χ2n) is 10.1. The molecule has 3 aromatic rings. The van der Waals surface area contributed by atoms with Crippen LogP contribution in [0.3, 0.4) is 0 Å². The molecule has 0 radical (unpaired) electrons. The van der Waals surface area contributed by atoms with E-state index in [4.69, 9.17) is 26.3 Å². The molecule has 3 aromatic carbocycles. The molecule has 2 bridgehead atoms. The molecule has 5 rings (SSSR count). The van der Waals surface area contributed by atoms with Crippen LogP contribution in [0.4, 0.5) is 5.69 Å². The number of nitriles is 1. The summed E-state index contributed by atoms with van der Waals surface area (Å²) in [7, 11) is 0. The highest BCUT2D eigenvalue weighted by molar-refractivity contribution is 6.30. The van der Waals surface area contributed by atoms with Crippen molar-refractivity contribution in [3.05, 3.63) is 101 Å². The number of benzene rings is 3. The van der Waals surface area contributed by atoms with Crippen molar-refractivity contribution in [1.82, 2.24) is 9.80 Å². The van der Waals surface area contributed by atoms with E-state index < -0.39 is 0 Å². The van der Waals surface area contributed by atoms with Gasteiger partial charge in [0.15, 0.2) is 0 Å². The number of rotatable bonds is 10. The van der Waals surface area contributed by atoms with Gasteiger partial charge in [-0.05, 0) is 47.5 Å². The highest BCUT2D eigenvalue weighted by atomic mass is 35.5. The molecule has 2 fully saturated rings. The van der Waals surface area contributed by atoms with E-state index in [1.165, 1.54) is 0 Å². The largest absolute Gasteiger partial charge is 0.375 e. The maximum Gasteiger partial charge on any atom is 0.241 e. The van der Waals surface area contributed by atoms with Crippen LogP contribution in [-0.4, -0.2) is 73.8 Å². The molecule has 7 nitrogen and oxygen atoms in total. The molecule has 0 spiro atoms. The van der Waals surface area contributed by atoms with Crippen LogP contribution < -0.4 is 4.90 Å². The average molecular weight is 545 g/mol. The van der Waals surface area contributed by atoms with Crippen molar-refractivity contribution in [2.75, 3.05) is 50.8 Å². The first kappa shape index (κ1) is 27.3. The van der Waals surface area contributed by atoms with Crippen molar-refractivity contribution in [1.29, 1.82) is 5.26 Å². The van der Waals surface area contributed by atoms with Crippen LogP contribution in [-0.2, 0) is 27.4 Å². The van der Waals surface area contributed by atoms with Gasteiger partial charge in [-0.25, -0.2) is 0 Å². The molecule has 2 atom stereocenters. The number of hydrogen-bond acceptors (Lipinski definition) is 6. The lowest BCUT2D eigenvalue weighted by atomic mass is 10.1. The summed E-state index contributed by atoms with van der Waals surface area (Å²) in [5.74, 6) is 0.0537. The predicted octanol–water partition coefficient (Wildman–Crippen LogP) is 4.35. The molecule has 2 saturated heterocycles. The third-order valence-electron chi connectivity index (χ3n) is 7.12. The number of carbonyl (C=O) groups excluding carboxylic acids is 1. The first-order chi connectivity index (χ1) is 19.1. The van der Waals surface area contributed by atoms with Gasteiger partial charge >= 0.3 is 0 Å². The summed E-state index contributed by atoms with van der Waals surface area (Å²) in [5.41, 5.74) is 3.57. The first-order valence-corrected chi connectivity index (χ1v) is 13.7. The second kappa shape index (κ2) is 13.2. The number of amides is 1. The van der Waals surface area contributed by atoms with Crippen molar-refractivity contribution in [3.8, 4) is 6.07 Å². The smallest absolute Gasteiger partial charge is 0.241 e. The zero-order valence-corrected chi connectivity index (χ0v) is 22.7. The van der Waals surface area contributed by atoms with Gasteiger partial charge in [0.1, 0.15) is 0 Å². The normalized spacial score (nSPS) is 19.4. The lowest BCUT2D eigenvalue weighted by Crippen LogP contribution is -2.60. The monoisotopic (exact) mass is 544 g/mol. The van der Waals surface area contributed by atoms with Crippen molar-refractivity contribution in [2.24, 2.45) is 0 Å². The van der Waals surface area contributed by atoms with Gasteiger partial charge < -0.3 is 14.4 Å². The number of fused-ring (bicyclic) bond motifs is 2. The average Bonchev–Trinajstić information content (AvgIpc) is 2.95. The van der Waals surface area contributed by atoms with Crippen LogP contribution in [0.5, 0.6) is 0 Å². The summed E-state index contributed by atoms with van der Waals surface area (Å²) in [4.78, 5) is 20.1. The Morgan fingerprint density at radius 1 is 0.923 bits per heavy atom. The summed E-state index contributed by atoms with van der Waals surface area (Å²) < 4.78 is 12.1. The molecule has 8 heteroatoms. The van der Waals surface area contributed by atoms with Crippen LogP contribution in [0, 0.1) is 11.3 Å². The summed E-state index contributed by atoms with van der Waals surface area (Å²) in [5, 5.41) is 9.83. The van der Waals surface area contributed by atoms with Gasteiger partial charge in [0.05, 0.1) is 50.1 Å². The lowest BCUT2D eigenvalue weighted by Gasteiger charge is -2.45. The minimum atomic E-state index is 0.0537. The molecular weight excluding hydrogens is 512 g/mol. The van der Waals surface area contributed by atoms with E-state index in [1.807, 2.05) is 71.6 Å². The zero-order chi connectivity index (χ0) is 27.0. The minimum absolute atomic E-state index is 0.0537. The number of ether oxygens (including phenoxy) is 2. The highest BCUT2D eigenvalue weighted by Crippen LogP contribution is 2.22. The third-order valence-corrected chi connectivity index (χ3v) is 7.37. The Morgan fingerprint density at radius 3 is 2.23 bits per heavy atom. The summed E-state index contributed by atoms with van der Waals surface area (Å²) >= 11 is 5.95. The van der Waals surface area contributed by atoms with E-state index in [-0.39, 0.29) is 18.1 Å². The van der Waals surface area contributed by atoms with Gasteiger partial charge in [-0.1, -0.05) is 54.1 Å². The molecule has 0 aliphatic carbocycles. The fourth-order valence-corrected chi connectivity index (χ4v) is 5.34. The molecule has 2 unspecified atom stereocenters. The SMILES string of the molecule is N#Cc1ccc(CN(C(=O)CN2CC3CN(CCOCc4ccc(Cl)cc4)CC(C2)O3)c2ccccc2)cc1. The number of hydrogen-bond donors (Lipinski definition) is 0. The predicted molar refractivity (Wildman–Crippen MR) is 151 cm³/mol. The highest BCUT2D eigenvalue weighted by Gasteiger charge is 2.35. The van der Waals surface area contributed by atoms with E-state index >= 15 is 0 Å². The molecule has 2 aliphatic heterocycles. The fraction of sp³-hybridized carbons (Fsp3) is 0.355. The summed E-state index contributed by atoms with van der Waals surface area (Å²) in [6.07, 6.45) is 0.149. The van der Waals surface area contributed by atoms with Gasteiger partial charge in [0.25, 0.3) is 0 Å². The lowest BCUT2D eigenvalue weighted by molar-refractivity contribution is -0.145. The quantitative estimate of drug-likeness (QED) is 0.354. The Balaban J connectivity index is 1.13. The van der Waals surface area contributed by atoms with Gasteiger partial charge in [0, 0.05) is 43.4 Å². The first-order valence-electron chi connectivity index (χ1n) is 13.3. The van der Waals surface area contributed by atoms with Crippen molar-refractivity contribution in [3.63, 3.8) is 0 Å². The minimum Gasteiger partial charge on any atom is -0.375 e. The van der Waals surface area contributed by atoms with E-state index in [9.17, 15) is 4.79 Å². The van der Waals surface area contributed by atoms with Crippen molar-refractivity contribution in [2.45, 2.75) is 25.4 Å². The molecule has 0 N–H and O–H groups in total. The van der Waals surface area contributed by atoms with E-state index in [2.05, 4.69) is 15.9 Å². The standard InChI is InChI=1S/C31H33ClN4O3/c32-27-12-10-26(11-13-27)23-38-15-14-34-18-29-20-35(21-30(19-34)39-29)22-31(37)36(28-4-2-1-3-5-28)17-25-8-6-24(16-33)7-9-25/h1-13,29-30H,14-15,17-23H2. The molecule has 0 aromatic heterocycles. The van der Waals surface area contributed by atoms with E-state index in [0.717, 1.165) is 54.6 Å². The summed E-state index contributed by atoms with van der Waals surface area (Å²) in [6.45, 7) is 6.00. The number of carbonyl (C=O) groups is 1. The second-order valence-corrected chi connectivity index (χ2v) is 10.6. The Bertz CT molecular complexity index is 1250. The van der Waals surface area contributed by atoms with E-state index in [0.29, 0.717) is 31.9 Å². The van der Waals surface area contributed by atoms with Crippen molar-refractivity contribution >= 4 is 23.2 Å². The number of anilines is 1. The Kier molecular flexibility index (Phi) is 9.25. The number of halogens is 1. The van der Waals surface area contributed by atoms with Crippen LogP contribution in [0.2, 0.25) is 5.02 Å². The van der Waals surface area contributed by atoms with Crippen LogP contribution in [0.25, 0.3) is 0 Å². The van der Waals surface area contributed by atoms with Gasteiger partial charge in [-0.2, -0.15) is 5.26 Å². The fourth-order valence-electron chi connectivity index (χ4n) is 5.21. The van der Waals surface area contributed by atoms with Gasteiger partial charge in [0.2, 0.25) is 5.91 Å².